The molecule has 2 fully saturated rings. The number of aliphatic hydroxyl groups excluding tert-OH is 2. The molecule has 1 aliphatic carbocycles. The maximum atomic E-state index is 12.2. The number of hydrogen-bond acceptors (Lipinski definition) is 4. The van der Waals surface area contributed by atoms with Crippen molar-refractivity contribution in [3.63, 3.8) is 0 Å². The predicted octanol–water partition coefficient (Wildman–Crippen LogP) is 5.31. The summed E-state index contributed by atoms with van der Waals surface area (Å²) < 4.78 is 0. The fourth-order valence-corrected chi connectivity index (χ4v) is 5.57. The molecule has 0 spiro atoms. The van der Waals surface area contributed by atoms with Crippen LogP contribution in [0.2, 0.25) is 0 Å². The van der Waals surface area contributed by atoms with Gasteiger partial charge in [-0.15, -0.1) is 0 Å². The molecule has 6 nitrogen and oxygen atoms in total. The second-order valence-electron chi connectivity index (χ2n) is 10.7. The van der Waals surface area contributed by atoms with Crippen molar-refractivity contribution < 1.29 is 24.9 Å². The Balaban J connectivity index is 1.60. The van der Waals surface area contributed by atoms with Gasteiger partial charge in [0, 0.05) is 25.9 Å². The lowest BCUT2D eigenvalue weighted by atomic mass is 9.88. The van der Waals surface area contributed by atoms with Gasteiger partial charge in [-0.25, -0.2) is 0 Å². The average Bonchev–Trinajstić information content (AvgIpc) is 3.18. The molecule has 6 heteroatoms. The molecule has 2 aliphatic rings. The number of aliphatic carboxylic acids is 1. The maximum Gasteiger partial charge on any atom is 0.303 e. The first-order chi connectivity index (χ1) is 16.4. The third-order valence-electron chi connectivity index (χ3n) is 7.92. The summed E-state index contributed by atoms with van der Waals surface area (Å²) in [6.45, 7) is 3.95. The van der Waals surface area contributed by atoms with Gasteiger partial charge in [-0.1, -0.05) is 51.2 Å². The number of piperidine rings is 1. The minimum absolute atomic E-state index is 0.188. The van der Waals surface area contributed by atoms with Gasteiger partial charge in [0.05, 0.1) is 12.2 Å². The number of carbonyl (C=O) groups is 2. The van der Waals surface area contributed by atoms with E-state index in [4.69, 9.17) is 5.11 Å². The van der Waals surface area contributed by atoms with Crippen molar-refractivity contribution in [1.82, 2.24) is 4.90 Å². The summed E-state index contributed by atoms with van der Waals surface area (Å²) in [5.41, 5.74) is 0. The van der Waals surface area contributed by atoms with E-state index in [-0.39, 0.29) is 24.4 Å². The highest BCUT2D eigenvalue weighted by Crippen LogP contribution is 2.37. The van der Waals surface area contributed by atoms with Crippen molar-refractivity contribution in [2.75, 3.05) is 13.1 Å². The van der Waals surface area contributed by atoms with Gasteiger partial charge < -0.3 is 20.2 Å². The van der Waals surface area contributed by atoms with Gasteiger partial charge in [-0.2, -0.15) is 0 Å². The number of carbonyl (C=O) groups excluding carboxylic acids is 1. The van der Waals surface area contributed by atoms with Crippen LogP contribution in [0, 0.1) is 17.8 Å². The molecule has 5 unspecified atom stereocenters. The molecule has 0 bridgehead atoms. The Morgan fingerprint density at radius 3 is 2.35 bits per heavy atom. The summed E-state index contributed by atoms with van der Waals surface area (Å²) in [4.78, 5) is 24.9. The Labute approximate surface area is 206 Å². The van der Waals surface area contributed by atoms with Gasteiger partial charge in [-0.05, 0) is 75.5 Å². The summed E-state index contributed by atoms with van der Waals surface area (Å²) in [5, 5.41) is 29.7. The standard InChI is InChI=1S/C28H49NO5/c1-22(12-6-4-8-14-27(32)29-20-10-5-11-21-29)25(30)18-16-23-17-19-26(31)24(23)13-7-2-3-9-15-28(33)34/h16,18,22-26,30-31H,2-15,17,19-21H2,1H3,(H,33,34). The molecule has 2 rings (SSSR count). The molecule has 0 aromatic carbocycles. The Morgan fingerprint density at radius 1 is 0.941 bits per heavy atom. The number of rotatable bonds is 16. The van der Waals surface area contributed by atoms with Gasteiger partial charge in [0.2, 0.25) is 5.91 Å². The van der Waals surface area contributed by atoms with Crippen LogP contribution in [0.15, 0.2) is 12.2 Å². The summed E-state index contributed by atoms with van der Waals surface area (Å²) in [7, 11) is 0. The van der Waals surface area contributed by atoms with E-state index in [1.807, 2.05) is 11.0 Å². The van der Waals surface area contributed by atoms with E-state index in [9.17, 15) is 19.8 Å². The number of unbranched alkanes of at least 4 members (excludes halogenated alkanes) is 5. The number of likely N-dealkylation sites (tertiary alicyclic amines) is 1. The normalized spacial score (nSPS) is 25.0. The number of carboxylic acid groups (broad SMARTS) is 1. The van der Waals surface area contributed by atoms with Crippen LogP contribution in [0.25, 0.3) is 0 Å². The smallest absolute Gasteiger partial charge is 0.303 e. The lowest BCUT2D eigenvalue weighted by Gasteiger charge is -2.26. The zero-order valence-electron chi connectivity index (χ0n) is 21.4. The molecular weight excluding hydrogens is 430 g/mol. The third-order valence-corrected chi connectivity index (χ3v) is 7.92. The van der Waals surface area contributed by atoms with Crippen LogP contribution in [-0.2, 0) is 9.59 Å². The topological polar surface area (TPSA) is 98.1 Å². The maximum absolute atomic E-state index is 12.2. The van der Waals surface area contributed by atoms with Crippen molar-refractivity contribution in [3.05, 3.63) is 12.2 Å². The van der Waals surface area contributed by atoms with Crippen LogP contribution in [-0.4, -0.2) is 57.4 Å². The van der Waals surface area contributed by atoms with Crippen molar-refractivity contribution in [2.45, 2.75) is 122 Å². The minimum Gasteiger partial charge on any atom is -0.481 e. The molecule has 1 heterocycles. The van der Waals surface area contributed by atoms with Crippen molar-refractivity contribution in [2.24, 2.45) is 17.8 Å². The molecule has 1 aliphatic heterocycles. The first-order valence-electron chi connectivity index (χ1n) is 13.9. The Bertz CT molecular complexity index is 616. The largest absolute Gasteiger partial charge is 0.481 e. The summed E-state index contributed by atoms with van der Waals surface area (Å²) in [6, 6.07) is 0. The van der Waals surface area contributed by atoms with Gasteiger partial charge in [0.1, 0.15) is 0 Å². The molecule has 0 radical (unpaired) electrons. The van der Waals surface area contributed by atoms with Gasteiger partial charge >= 0.3 is 5.97 Å². The van der Waals surface area contributed by atoms with Crippen LogP contribution in [0.5, 0.6) is 0 Å². The summed E-state index contributed by atoms with van der Waals surface area (Å²) in [5.74, 6) is 0.330. The van der Waals surface area contributed by atoms with E-state index in [0.29, 0.717) is 18.2 Å². The molecule has 3 N–H and O–H groups in total. The van der Waals surface area contributed by atoms with E-state index in [0.717, 1.165) is 96.6 Å². The minimum atomic E-state index is -0.729. The second kappa shape index (κ2) is 16.3. The molecule has 0 aromatic rings. The van der Waals surface area contributed by atoms with Crippen LogP contribution in [0.1, 0.15) is 110 Å². The molecule has 196 valence electrons. The van der Waals surface area contributed by atoms with Crippen LogP contribution in [0.3, 0.4) is 0 Å². The average molecular weight is 480 g/mol. The zero-order valence-corrected chi connectivity index (χ0v) is 21.4. The third kappa shape index (κ3) is 10.9. The Kier molecular flexibility index (Phi) is 13.8. The van der Waals surface area contributed by atoms with Crippen molar-refractivity contribution in [1.29, 1.82) is 0 Å². The molecular formula is C28H49NO5. The van der Waals surface area contributed by atoms with E-state index in [1.54, 1.807) is 0 Å². The highest BCUT2D eigenvalue weighted by atomic mass is 16.4. The number of aliphatic hydroxyl groups is 2. The molecule has 5 atom stereocenters. The fourth-order valence-electron chi connectivity index (χ4n) is 5.57. The lowest BCUT2D eigenvalue weighted by Crippen LogP contribution is -2.35. The summed E-state index contributed by atoms with van der Waals surface area (Å²) >= 11 is 0. The van der Waals surface area contributed by atoms with E-state index >= 15 is 0 Å². The quantitative estimate of drug-likeness (QED) is 0.206. The molecule has 34 heavy (non-hydrogen) atoms. The van der Waals surface area contributed by atoms with Crippen LogP contribution in [0.4, 0.5) is 0 Å². The number of amides is 1. The summed E-state index contributed by atoms with van der Waals surface area (Å²) in [6.07, 6.45) is 18.1. The Hall–Kier alpha value is -1.40. The zero-order chi connectivity index (χ0) is 24.8. The highest BCUT2D eigenvalue weighted by Gasteiger charge is 2.32. The molecule has 1 amide bonds. The monoisotopic (exact) mass is 479 g/mol. The number of allylic oxidation sites excluding steroid dienone is 1. The highest BCUT2D eigenvalue weighted by molar-refractivity contribution is 5.76. The SMILES string of the molecule is CC(CCCCCC(=O)N1CCCCC1)C(O)C=CC1CCC(O)C1CCCCCCC(=O)O. The van der Waals surface area contributed by atoms with Crippen molar-refractivity contribution in [3.8, 4) is 0 Å². The second-order valence-corrected chi connectivity index (χ2v) is 10.7. The van der Waals surface area contributed by atoms with Gasteiger partial charge in [-0.3, -0.25) is 9.59 Å². The fraction of sp³-hybridized carbons (Fsp3) is 0.857. The molecule has 0 aromatic heterocycles. The Morgan fingerprint density at radius 2 is 1.62 bits per heavy atom. The van der Waals surface area contributed by atoms with Gasteiger partial charge in [0.25, 0.3) is 0 Å². The van der Waals surface area contributed by atoms with E-state index in [1.165, 1.54) is 6.42 Å². The van der Waals surface area contributed by atoms with Crippen molar-refractivity contribution >= 4 is 11.9 Å². The van der Waals surface area contributed by atoms with E-state index < -0.39 is 12.1 Å². The number of nitrogens with zero attached hydrogens (tertiary/aromatic N) is 1. The predicted molar refractivity (Wildman–Crippen MR) is 135 cm³/mol. The first-order valence-corrected chi connectivity index (χ1v) is 13.9. The molecule has 1 saturated carbocycles. The van der Waals surface area contributed by atoms with Crippen LogP contribution < -0.4 is 0 Å². The lowest BCUT2D eigenvalue weighted by molar-refractivity contribution is -0.137. The molecule has 1 saturated heterocycles. The number of hydrogen-bond donors (Lipinski definition) is 3. The van der Waals surface area contributed by atoms with E-state index in [2.05, 4.69) is 13.0 Å². The number of carboxylic acids is 1. The first kappa shape index (κ1) is 28.8. The van der Waals surface area contributed by atoms with Gasteiger partial charge in [0.15, 0.2) is 0 Å². The van der Waals surface area contributed by atoms with Crippen LogP contribution >= 0.6 is 0 Å².